The van der Waals surface area contributed by atoms with E-state index in [1.807, 2.05) is 11.8 Å². The van der Waals surface area contributed by atoms with Gasteiger partial charge in [-0.3, -0.25) is 4.99 Å². The number of halogens is 1. The van der Waals surface area contributed by atoms with Gasteiger partial charge in [-0.25, -0.2) is 9.67 Å². The standard InChI is InChI=1S/C16H30N6S.HI/c1-5-17-16(18-9-6-10-23-4)19-13-7-8-14-20-15(12(2)3)21-22(14)11-13;/h12-13H,5-11H2,1-4H3,(H2,17,18,19);1H. The summed E-state index contributed by atoms with van der Waals surface area (Å²) >= 11 is 1.87. The molecule has 8 heteroatoms. The Morgan fingerprint density at radius 1 is 1.46 bits per heavy atom. The van der Waals surface area contributed by atoms with Crippen LogP contribution < -0.4 is 10.6 Å². The maximum atomic E-state index is 4.67. The van der Waals surface area contributed by atoms with Gasteiger partial charge >= 0.3 is 0 Å². The van der Waals surface area contributed by atoms with Crippen LogP contribution in [0.1, 0.15) is 51.2 Å². The van der Waals surface area contributed by atoms with Gasteiger partial charge in [0.25, 0.3) is 0 Å². The Morgan fingerprint density at radius 2 is 2.25 bits per heavy atom. The number of hydrogen-bond donors (Lipinski definition) is 2. The maximum Gasteiger partial charge on any atom is 0.191 e. The lowest BCUT2D eigenvalue weighted by Gasteiger charge is -2.25. The molecule has 1 atom stereocenters. The van der Waals surface area contributed by atoms with Crippen molar-refractivity contribution in [2.45, 2.75) is 58.5 Å². The fourth-order valence-electron chi connectivity index (χ4n) is 2.60. The van der Waals surface area contributed by atoms with Crippen LogP contribution in [-0.2, 0) is 13.0 Å². The molecule has 0 saturated carbocycles. The van der Waals surface area contributed by atoms with Gasteiger partial charge in [0, 0.05) is 31.5 Å². The van der Waals surface area contributed by atoms with E-state index in [1.54, 1.807) is 0 Å². The average molecular weight is 466 g/mol. The molecular weight excluding hydrogens is 435 g/mol. The molecule has 24 heavy (non-hydrogen) atoms. The van der Waals surface area contributed by atoms with E-state index in [9.17, 15) is 0 Å². The quantitative estimate of drug-likeness (QED) is 0.280. The monoisotopic (exact) mass is 466 g/mol. The SMILES string of the molecule is CCNC(=NCCCSC)NC1CCc2nc(C(C)C)nn2C1.I. The van der Waals surface area contributed by atoms with Gasteiger partial charge in [0.05, 0.1) is 6.54 Å². The van der Waals surface area contributed by atoms with Crippen LogP contribution in [0.2, 0.25) is 0 Å². The molecule has 1 aliphatic heterocycles. The summed E-state index contributed by atoms with van der Waals surface area (Å²) in [6.45, 7) is 9.00. The molecule has 0 amide bonds. The molecule has 1 unspecified atom stereocenters. The highest BCUT2D eigenvalue weighted by atomic mass is 127. The van der Waals surface area contributed by atoms with Gasteiger partial charge in [-0.2, -0.15) is 16.9 Å². The van der Waals surface area contributed by atoms with E-state index in [4.69, 9.17) is 0 Å². The smallest absolute Gasteiger partial charge is 0.191 e. The number of guanidine groups is 1. The molecule has 0 aromatic carbocycles. The molecule has 0 saturated heterocycles. The highest BCUT2D eigenvalue weighted by Gasteiger charge is 2.23. The van der Waals surface area contributed by atoms with Crippen LogP contribution in [0.3, 0.4) is 0 Å². The van der Waals surface area contributed by atoms with Crippen LogP contribution in [0.15, 0.2) is 4.99 Å². The number of aromatic nitrogens is 3. The largest absolute Gasteiger partial charge is 0.357 e. The molecule has 0 aliphatic carbocycles. The summed E-state index contributed by atoms with van der Waals surface area (Å²) in [7, 11) is 0. The molecule has 0 spiro atoms. The first-order chi connectivity index (χ1) is 11.1. The Bertz CT molecular complexity index is 517. The summed E-state index contributed by atoms with van der Waals surface area (Å²) in [5.41, 5.74) is 0. The van der Waals surface area contributed by atoms with Crippen molar-refractivity contribution < 1.29 is 0 Å². The number of rotatable bonds is 7. The Labute approximate surface area is 167 Å². The van der Waals surface area contributed by atoms with Crippen molar-refractivity contribution in [2.24, 2.45) is 4.99 Å². The van der Waals surface area contributed by atoms with E-state index in [0.717, 1.165) is 62.3 Å². The molecule has 6 nitrogen and oxygen atoms in total. The van der Waals surface area contributed by atoms with Gasteiger partial charge in [0.2, 0.25) is 0 Å². The van der Waals surface area contributed by atoms with Crippen LogP contribution in [0.25, 0.3) is 0 Å². The first-order valence-electron chi connectivity index (χ1n) is 8.61. The van der Waals surface area contributed by atoms with Gasteiger partial charge in [0.1, 0.15) is 5.82 Å². The van der Waals surface area contributed by atoms with Crippen molar-refractivity contribution >= 4 is 41.7 Å². The minimum atomic E-state index is 0. The molecule has 0 radical (unpaired) electrons. The lowest BCUT2D eigenvalue weighted by atomic mass is 10.1. The third-order valence-corrected chi connectivity index (χ3v) is 4.55. The van der Waals surface area contributed by atoms with E-state index in [0.29, 0.717) is 12.0 Å². The third-order valence-electron chi connectivity index (χ3n) is 3.85. The van der Waals surface area contributed by atoms with Crippen molar-refractivity contribution in [1.29, 1.82) is 0 Å². The van der Waals surface area contributed by atoms with Crippen LogP contribution in [0.5, 0.6) is 0 Å². The van der Waals surface area contributed by atoms with E-state index in [1.165, 1.54) is 0 Å². The lowest BCUT2D eigenvalue weighted by Crippen LogP contribution is -2.47. The summed E-state index contributed by atoms with van der Waals surface area (Å²) in [6.07, 6.45) is 5.30. The van der Waals surface area contributed by atoms with Crippen molar-refractivity contribution in [3.63, 3.8) is 0 Å². The third kappa shape index (κ3) is 6.42. The molecule has 1 aliphatic rings. The van der Waals surface area contributed by atoms with E-state index < -0.39 is 0 Å². The first-order valence-corrected chi connectivity index (χ1v) is 10.0. The van der Waals surface area contributed by atoms with Crippen molar-refractivity contribution in [2.75, 3.05) is 25.1 Å². The van der Waals surface area contributed by atoms with Crippen molar-refractivity contribution in [3.05, 3.63) is 11.6 Å². The molecule has 0 fully saturated rings. The fourth-order valence-corrected chi connectivity index (χ4v) is 3.02. The number of thioether (sulfide) groups is 1. The van der Waals surface area contributed by atoms with Gasteiger partial charge in [0.15, 0.2) is 11.8 Å². The van der Waals surface area contributed by atoms with E-state index in [-0.39, 0.29) is 24.0 Å². The van der Waals surface area contributed by atoms with Crippen LogP contribution in [0, 0.1) is 0 Å². The number of aliphatic imine (C=N–C) groups is 1. The topological polar surface area (TPSA) is 67.1 Å². The van der Waals surface area contributed by atoms with Gasteiger partial charge in [-0.05, 0) is 31.8 Å². The van der Waals surface area contributed by atoms with Gasteiger partial charge < -0.3 is 10.6 Å². The average Bonchev–Trinajstić information content (AvgIpc) is 2.95. The summed E-state index contributed by atoms with van der Waals surface area (Å²) < 4.78 is 2.06. The van der Waals surface area contributed by atoms with Crippen molar-refractivity contribution in [3.8, 4) is 0 Å². The number of nitrogens with one attached hydrogen (secondary N) is 2. The van der Waals surface area contributed by atoms with Gasteiger partial charge in [-0.1, -0.05) is 13.8 Å². The number of aryl methyl sites for hydroxylation is 1. The molecule has 138 valence electrons. The second-order valence-electron chi connectivity index (χ2n) is 6.21. The van der Waals surface area contributed by atoms with Gasteiger partial charge in [-0.15, -0.1) is 24.0 Å². The summed E-state index contributed by atoms with van der Waals surface area (Å²) in [5, 5.41) is 11.5. The number of fused-ring (bicyclic) bond motifs is 1. The molecular formula is C16H31IN6S. The summed E-state index contributed by atoms with van der Waals surface area (Å²) in [6, 6.07) is 0.363. The molecule has 2 heterocycles. The molecule has 1 aromatic heterocycles. The number of hydrogen-bond acceptors (Lipinski definition) is 4. The highest BCUT2D eigenvalue weighted by molar-refractivity contribution is 14.0. The second-order valence-corrected chi connectivity index (χ2v) is 7.20. The van der Waals surface area contributed by atoms with Crippen LogP contribution in [0.4, 0.5) is 0 Å². The summed E-state index contributed by atoms with van der Waals surface area (Å²) in [5.74, 6) is 4.54. The fraction of sp³-hybridized carbons (Fsp3) is 0.812. The predicted molar refractivity (Wildman–Crippen MR) is 114 cm³/mol. The molecule has 2 rings (SSSR count). The first kappa shape index (κ1) is 21.5. The predicted octanol–water partition coefficient (Wildman–Crippen LogP) is 2.64. The Balaban J connectivity index is 0.00000288. The molecule has 0 bridgehead atoms. The lowest BCUT2D eigenvalue weighted by molar-refractivity contribution is 0.391. The maximum absolute atomic E-state index is 4.67. The highest BCUT2D eigenvalue weighted by Crippen LogP contribution is 2.16. The zero-order chi connectivity index (χ0) is 16.7. The van der Waals surface area contributed by atoms with Crippen LogP contribution in [-0.4, -0.2) is 51.9 Å². The van der Waals surface area contributed by atoms with E-state index in [2.05, 4.69) is 57.4 Å². The molecule has 2 N–H and O–H groups in total. The Hall–Kier alpha value is -0.510. The Kier molecular flexibility index (Phi) is 10.0. The zero-order valence-corrected chi connectivity index (χ0v) is 18.4. The molecule has 1 aromatic rings. The van der Waals surface area contributed by atoms with E-state index >= 15 is 0 Å². The normalized spacial score (nSPS) is 17.4. The van der Waals surface area contributed by atoms with Crippen LogP contribution >= 0.6 is 35.7 Å². The van der Waals surface area contributed by atoms with Crippen molar-refractivity contribution in [1.82, 2.24) is 25.4 Å². The second kappa shape index (κ2) is 11.2. The zero-order valence-electron chi connectivity index (χ0n) is 15.2. The Morgan fingerprint density at radius 3 is 2.92 bits per heavy atom. The number of nitrogens with zero attached hydrogens (tertiary/aromatic N) is 4. The minimum absolute atomic E-state index is 0. The summed E-state index contributed by atoms with van der Waals surface area (Å²) in [4.78, 5) is 9.32. The minimum Gasteiger partial charge on any atom is -0.357 e.